The number of carbonyl (C=O) groups excluding carboxylic acids is 1. The number of nitrogens with zero attached hydrogens (tertiary/aromatic N) is 1. The zero-order chi connectivity index (χ0) is 18.9. The lowest BCUT2D eigenvalue weighted by Crippen LogP contribution is -2.17. The van der Waals surface area contributed by atoms with Gasteiger partial charge < -0.3 is 14.2 Å². The van der Waals surface area contributed by atoms with Crippen LogP contribution in [0.2, 0.25) is 5.02 Å². The van der Waals surface area contributed by atoms with Crippen molar-refractivity contribution in [3.63, 3.8) is 0 Å². The summed E-state index contributed by atoms with van der Waals surface area (Å²) in [6.45, 7) is 3.93. The van der Waals surface area contributed by atoms with Gasteiger partial charge in [-0.1, -0.05) is 24.3 Å². The molecule has 0 heterocycles. The van der Waals surface area contributed by atoms with Gasteiger partial charge in [0.25, 0.3) is 5.91 Å². The maximum atomic E-state index is 12.2. The number of amides is 1. The molecule has 6 nitrogen and oxygen atoms in total. The average Bonchev–Trinajstić information content (AvgIpc) is 2.66. The van der Waals surface area contributed by atoms with E-state index in [9.17, 15) is 4.79 Å². The molecule has 2 rings (SSSR count). The van der Waals surface area contributed by atoms with Crippen LogP contribution in [0.5, 0.6) is 17.2 Å². The van der Waals surface area contributed by atoms with E-state index in [-0.39, 0.29) is 5.91 Å². The molecule has 1 N–H and O–H groups in total. The fourth-order valence-electron chi connectivity index (χ4n) is 2.07. The Balaban J connectivity index is 2.05. The third kappa shape index (κ3) is 5.00. The largest absolute Gasteiger partial charge is 0.495 e. The van der Waals surface area contributed by atoms with Crippen LogP contribution < -0.4 is 19.6 Å². The van der Waals surface area contributed by atoms with Crippen molar-refractivity contribution in [1.82, 2.24) is 5.43 Å². The van der Waals surface area contributed by atoms with Crippen LogP contribution in [0.25, 0.3) is 0 Å². The Morgan fingerprint density at radius 3 is 2.54 bits per heavy atom. The Kier molecular flexibility index (Phi) is 7.05. The minimum atomic E-state index is -0.380. The number of methoxy groups -OCH3 is 2. The highest BCUT2D eigenvalue weighted by Gasteiger charge is 2.10. The summed E-state index contributed by atoms with van der Waals surface area (Å²) in [5.41, 5.74) is 3.56. The Bertz CT molecular complexity index is 821. The molecule has 0 saturated heterocycles. The second kappa shape index (κ2) is 9.48. The van der Waals surface area contributed by atoms with Gasteiger partial charge in [-0.2, -0.15) is 5.10 Å². The fourth-order valence-corrected chi connectivity index (χ4v) is 2.34. The van der Waals surface area contributed by atoms with E-state index < -0.39 is 0 Å². The van der Waals surface area contributed by atoms with Gasteiger partial charge in [0, 0.05) is 5.56 Å². The van der Waals surface area contributed by atoms with Gasteiger partial charge in [0.15, 0.2) is 11.5 Å². The summed E-state index contributed by atoms with van der Waals surface area (Å²) < 4.78 is 15.8. The lowest BCUT2D eigenvalue weighted by molar-refractivity contribution is 0.0954. The molecule has 0 atom stereocenters. The van der Waals surface area contributed by atoms with Crippen LogP contribution in [-0.2, 0) is 0 Å². The van der Waals surface area contributed by atoms with E-state index in [1.54, 1.807) is 42.5 Å². The normalized spacial score (nSPS) is 10.4. The minimum absolute atomic E-state index is 0.344. The zero-order valence-electron chi connectivity index (χ0n) is 14.5. The molecule has 1 amide bonds. The van der Waals surface area contributed by atoms with Crippen LogP contribution in [0.4, 0.5) is 0 Å². The number of benzene rings is 2. The molecule has 7 heteroatoms. The summed E-state index contributed by atoms with van der Waals surface area (Å²) >= 11 is 6.05. The molecule has 136 valence electrons. The highest BCUT2D eigenvalue weighted by atomic mass is 35.5. The molecule has 0 unspecified atom stereocenters. The Labute approximate surface area is 157 Å². The molecule has 0 bridgehead atoms. The topological polar surface area (TPSA) is 69.2 Å². The highest BCUT2D eigenvalue weighted by molar-refractivity contribution is 6.32. The van der Waals surface area contributed by atoms with Crippen LogP contribution in [0.3, 0.4) is 0 Å². The maximum absolute atomic E-state index is 12.2. The number of nitrogens with one attached hydrogen (secondary N) is 1. The Morgan fingerprint density at radius 2 is 1.88 bits per heavy atom. The van der Waals surface area contributed by atoms with Crippen molar-refractivity contribution < 1.29 is 19.0 Å². The molecule has 0 aliphatic carbocycles. The number of carbonyl (C=O) groups is 1. The lowest BCUT2D eigenvalue weighted by Gasteiger charge is -2.10. The van der Waals surface area contributed by atoms with Crippen molar-refractivity contribution in [2.75, 3.05) is 20.8 Å². The minimum Gasteiger partial charge on any atom is -0.495 e. The number of hydrogen-bond donors (Lipinski definition) is 1. The van der Waals surface area contributed by atoms with E-state index in [2.05, 4.69) is 17.1 Å². The van der Waals surface area contributed by atoms with Crippen molar-refractivity contribution in [2.45, 2.75) is 0 Å². The predicted octanol–water partition coefficient (Wildman–Crippen LogP) is 3.69. The van der Waals surface area contributed by atoms with Gasteiger partial charge in [0.1, 0.15) is 12.4 Å². The second-order valence-electron chi connectivity index (χ2n) is 5.06. The first-order valence-electron chi connectivity index (χ1n) is 7.67. The molecule has 2 aromatic rings. The average molecular weight is 375 g/mol. The molecular formula is C19H19ClN2O4. The van der Waals surface area contributed by atoms with Gasteiger partial charge in [-0.25, -0.2) is 5.43 Å². The number of hydrogen-bond acceptors (Lipinski definition) is 5. The van der Waals surface area contributed by atoms with Crippen molar-refractivity contribution in [1.29, 1.82) is 0 Å². The zero-order valence-corrected chi connectivity index (χ0v) is 15.2. The first-order valence-corrected chi connectivity index (χ1v) is 8.05. The van der Waals surface area contributed by atoms with E-state index in [1.807, 2.05) is 0 Å². The van der Waals surface area contributed by atoms with E-state index in [0.717, 1.165) is 5.56 Å². The van der Waals surface area contributed by atoms with E-state index in [1.165, 1.54) is 20.4 Å². The van der Waals surface area contributed by atoms with Crippen molar-refractivity contribution >= 4 is 23.7 Å². The summed E-state index contributed by atoms with van der Waals surface area (Å²) in [6, 6.07) is 10.0. The van der Waals surface area contributed by atoms with Crippen molar-refractivity contribution in [3.05, 3.63) is 65.2 Å². The first kappa shape index (κ1) is 19.3. The van der Waals surface area contributed by atoms with E-state index >= 15 is 0 Å². The molecule has 0 fully saturated rings. The molecule has 0 aliphatic rings. The highest BCUT2D eigenvalue weighted by Crippen LogP contribution is 2.28. The Hall–Kier alpha value is -2.99. The van der Waals surface area contributed by atoms with Crippen LogP contribution >= 0.6 is 11.6 Å². The molecule has 2 aromatic carbocycles. The van der Waals surface area contributed by atoms with Crippen molar-refractivity contribution in [2.24, 2.45) is 5.10 Å². The second-order valence-corrected chi connectivity index (χ2v) is 5.47. The fraction of sp³-hybridized carbons (Fsp3) is 0.158. The quantitative estimate of drug-likeness (QED) is 0.434. The number of hydrazone groups is 1. The van der Waals surface area contributed by atoms with E-state index in [0.29, 0.717) is 34.4 Å². The van der Waals surface area contributed by atoms with Crippen LogP contribution in [-0.4, -0.2) is 32.9 Å². The Morgan fingerprint density at radius 1 is 1.15 bits per heavy atom. The number of halogens is 1. The van der Waals surface area contributed by atoms with Gasteiger partial charge >= 0.3 is 0 Å². The van der Waals surface area contributed by atoms with Crippen LogP contribution in [0, 0.1) is 0 Å². The number of ether oxygens (including phenoxy) is 3. The molecule has 26 heavy (non-hydrogen) atoms. The van der Waals surface area contributed by atoms with Gasteiger partial charge in [0.2, 0.25) is 0 Å². The molecular weight excluding hydrogens is 356 g/mol. The standard InChI is InChI=1S/C19H19ClN2O4/c1-4-9-26-17-8-6-14(11-18(17)25-3)19(23)22-21-12-13-5-7-16(24-2)15(20)10-13/h4-8,10-12H,1,9H2,2-3H3,(H,22,23)/b21-12+. The van der Waals surface area contributed by atoms with Gasteiger partial charge in [0.05, 0.1) is 25.5 Å². The van der Waals surface area contributed by atoms with E-state index in [4.69, 9.17) is 25.8 Å². The molecule has 0 saturated carbocycles. The summed E-state index contributed by atoms with van der Waals surface area (Å²) in [6.07, 6.45) is 3.11. The summed E-state index contributed by atoms with van der Waals surface area (Å²) in [4.78, 5) is 12.2. The number of rotatable bonds is 8. The third-order valence-corrected chi connectivity index (χ3v) is 3.63. The van der Waals surface area contributed by atoms with Crippen LogP contribution in [0.1, 0.15) is 15.9 Å². The molecule has 0 aliphatic heterocycles. The summed E-state index contributed by atoms with van der Waals surface area (Å²) in [5.74, 6) is 1.17. The predicted molar refractivity (Wildman–Crippen MR) is 102 cm³/mol. The summed E-state index contributed by atoms with van der Waals surface area (Å²) in [5, 5.41) is 4.39. The maximum Gasteiger partial charge on any atom is 0.271 e. The van der Waals surface area contributed by atoms with Crippen molar-refractivity contribution in [3.8, 4) is 17.2 Å². The SMILES string of the molecule is C=CCOc1ccc(C(=O)N/N=C/c2ccc(OC)c(Cl)c2)cc1OC. The molecule has 0 radical (unpaired) electrons. The van der Waals surface area contributed by atoms with Crippen LogP contribution in [0.15, 0.2) is 54.2 Å². The smallest absolute Gasteiger partial charge is 0.271 e. The third-order valence-electron chi connectivity index (χ3n) is 3.34. The molecule has 0 spiro atoms. The van der Waals surface area contributed by atoms with Gasteiger partial charge in [-0.05, 0) is 42.0 Å². The monoisotopic (exact) mass is 374 g/mol. The first-order chi connectivity index (χ1) is 12.6. The van der Waals surface area contributed by atoms with Gasteiger partial charge in [-0.15, -0.1) is 0 Å². The summed E-state index contributed by atoms with van der Waals surface area (Å²) in [7, 11) is 3.04. The molecule has 0 aromatic heterocycles. The lowest BCUT2D eigenvalue weighted by atomic mass is 10.2. The van der Waals surface area contributed by atoms with Gasteiger partial charge in [-0.3, -0.25) is 4.79 Å².